The lowest BCUT2D eigenvalue weighted by Crippen LogP contribution is -2.49. The van der Waals surface area contributed by atoms with E-state index in [0.717, 1.165) is 24.9 Å². The number of anilines is 1. The van der Waals surface area contributed by atoms with Crippen LogP contribution in [-0.2, 0) is 11.2 Å². The van der Waals surface area contributed by atoms with Crippen molar-refractivity contribution >= 4 is 17.7 Å². The minimum absolute atomic E-state index is 0.162. The quantitative estimate of drug-likeness (QED) is 0.863. The molecule has 21 heavy (non-hydrogen) atoms. The van der Waals surface area contributed by atoms with Gasteiger partial charge in [-0.3, -0.25) is 4.90 Å². The van der Waals surface area contributed by atoms with Gasteiger partial charge in [-0.05, 0) is 44.2 Å². The van der Waals surface area contributed by atoms with Crippen molar-refractivity contribution in [2.24, 2.45) is 0 Å². The van der Waals surface area contributed by atoms with E-state index in [2.05, 4.69) is 6.07 Å². The van der Waals surface area contributed by atoms with Crippen molar-refractivity contribution in [2.45, 2.75) is 38.6 Å². The maximum atomic E-state index is 12.8. The molecule has 5 heteroatoms. The summed E-state index contributed by atoms with van der Waals surface area (Å²) in [5.41, 5.74) is 3.31. The third-order valence-corrected chi connectivity index (χ3v) is 4.37. The number of aryl methyl sites for hydroxylation is 2. The van der Waals surface area contributed by atoms with E-state index in [4.69, 9.17) is 0 Å². The summed E-state index contributed by atoms with van der Waals surface area (Å²) in [7, 11) is 0. The van der Waals surface area contributed by atoms with E-state index in [0.29, 0.717) is 19.5 Å². The molecule has 1 N–H and O–H groups in total. The molecular weight excluding hydrogens is 268 g/mol. The van der Waals surface area contributed by atoms with Crippen molar-refractivity contribution in [3.63, 3.8) is 0 Å². The highest BCUT2D eigenvalue weighted by Gasteiger charge is 2.37. The highest BCUT2D eigenvalue weighted by Crippen LogP contribution is 2.30. The third kappa shape index (κ3) is 2.48. The molecule has 0 aliphatic carbocycles. The van der Waals surface area contributed by atoms with Gasteiger partial charge in [0.15, 0.2) is 0 Å². The number of urea groups is 1. The van der Waals surface area contributed by atoms with Gasteiger partial charge in [0.05, 0.1) is 0 Å². The van der Waals surface area contributed by atoms with E-state index < -0.39 is 12.0 Å². The molecule has 0 aromatic heterocycles. The topological polar surface area (TPSA) is 60.9 Å². The molecule has 112 valence electrons. The van der Waals surface area contributed by atoms with Crippen molar-refractivity contribution < 1.29 is 14.7 Å². The molecule has 1 fully saturated rings. The van der Waals surface area contributed by atoms with E-state index in [-0.39, 0.29) is 6.03 Å². The second-order valence-electron chi connectivity index (χ2n) is 5.86. The summed E-state index contributed by atoms with van der Waals surface area (Å²) in [6.07, 6.45) is 3.21. The number of hydrogen-bond donors (Lipinski definition) is 1. The Bertz CT molecular complexity index is 585. The SMILES string of the molecule is Cc1ccc2c(c1)CCCN2C(=O)N1CCC[C@H]1C(=O)O. The van der Waals surface area contributed by atoms with Gasteiger partial charge in [-0.1, -0.05) is 17.7 Å². The van der Waals surface area contributed by atoms with Crippen molar-refractivity contribution in [1.29, 1.82) is 0 Å². The van der Waals surface area contributed by atoms with Gasteiger partial charge in [-0.2, -0.15) is 0 Å². The molecule has 2 aliphatic heterocycles. The third-order valence-electron chi connectivity index (χ3n) is 4.37. The molecule has 0 bridgehead atoms. The Morgan fingerprint density at radius 3 is 2.81 bits per heavy atom. The average molecular weight is 288 g/mol. The van der Waals surface area contributed by atoms with Gasteiger partial charge < -0.3 is 10.0 Å². The molecule has 1 aromatic carbocycles. The summed E-state index contributed by atoms with van der Waals surface area (Å²) in [5, 5.41) is 9.25. The van der Waals surface area contributed by atoms with Gasteiger partial charge in [0.1, 0.15) is 6.04 Å². The predicted octanol–water partition coefficient (Wildman–Crippen LogP) is 2.42. The van der Waals surface area contributed by atoms with Crippen LogP contribution < -0.4 is 4.90 Å². The van der Waals surface area contributed by atoms with Gasteiger partial charge in [0.2, 0.25) is 0 Å². The number of carbonyl (C=O) groups excluding carboxylic acids is 1. The predicted molar refractivity (Wildman–Crippen MR) is 79.6 cm³/mol. The van der Waals surface area contributed by atoms with Crippen LogP contribution in [0.3, 0.4) is 0 Å². The van der Waals surface area contributed by atoms with Crippen molar-refractivity contribution in [3.05, 3.63) is 29.3 Å². The minimum atomic E-state index is -0.901. The summed E-state index contributed by atoms with van der Waals surface area (Å²) in [6, 6.07) is 5.27. The Balaban J connectivity index is 1.88. The molecule has 2 amide bonds. The fourth-order valence-corrected chi connectivity index (χ4v) is 3.33. The maximum Gasteiger partial charge on any atom is 0.326 e. The standard InChI is InChI=1S/C16H20N2O3/c1-11-6-7-13-12(10-11)4-2-8-17(13)16(21)18-9-3-5-14(18)15(19)20/h6-7,10,14H,2-5,8-9H2,1H3,(H,19,20)/t14-/m0/s1. The zero-order valence-corrected chi connectivity index (χ0v) is 12.2. The number of likely N-dealkylation sites (tertiary alicyclic amines) is 1. The Labute approximate surface area is 124 Å². The van der Waals surface area contributed by atoms with Crippen molar-refractivity contribution in [1.82, 2.24) is 4.90 Å². The summed E-state index contributed by atoms with van der Waals surface area (Å²) in [6.45, 7) is 3.24. The zero-order chi connectivity index (χ0) is 15.0. The van der Waals surface area contributed by atoms with Crippen LogP contribution >= 0.6 is 0 Å². The largest absolute Gasteiger partial charge is 0.480 e. The number of benzene rings is 1. The number of nitrogens with zero attached hydrogens (tertiary/aromatic N) is 2. The lowest BCUT2D eigenvalue weighted by molar-refractivity contribution is -0.141. The fraction of sp³-hybridized carbons (Fsp3) is 0.500. The molecule has 0 unspecified atom stereocenters. The minimum Gasteiger partial charge on any atom is -0.480 e. The van der Waals surface area contributed by atoms with Crippen molar-refractivity contribution in [3.8, 4) is 0 Å². The summed E-state index contributed by atoms with van der Waals surface area (Å²) < 4.78 is 0. The highest BCUT2D eigenvalue weighted by molar-refractivity contribution is 5.96. The van der Waals surface area contributed by atoms with Gasteiger partial charge in [-0.25, -0.2) is 9.59 Å². The number of carbonyl (C=O) groups is 2. The number of hydrogen-bond acceptors (Lipinski definition) is 2. The van der Waals surface area contributed by atoms with Crippen LogP contribution in [0.2, 0.25) is 0 Å². The zero-order valence-electron chi connectivity index (χ0n) is 12.2. The van der Waals surface area contributed by atoms with Crippen LogP contribution in [0.5, 0.6) is 0 Å². The van der Waals surface area contributed by atoms with Crippen LogP contribution in [0.4, 0.5) is 10.5 Å². The van der Waals surface area contributed by atoms with Gasteiger partial charge in [-0.15, -0.1) is 0 Å². The Kier molecular flexibility index (Phi) is 3.57. The van der Waals surface area contributed by atoms with E-state index in [1.54, 1.807) is 4.90 Å². The molecule has 1 atom stereocenters. The summed E-state index contributed by atoms with van der Waals surface area (Å²) >= 11 is 0. The molecule has 1 saturated heterocycles. The van der Waals surface area contributed by atoms with Crippen LogP contribution in [0, 0.1) is 6.92 Å². The monoisotopic (exact) mass is 288 g/mol. The number of amides is 2. The number of carboxylic acid groups (broad SMARTS) is 1. The summed E-state index contributed by atoms with van der Waals surface area (Å²) in [5.74, 6) is -0.901. The number of fused-ring (bicyclic) bond motifs is 1. The molecule has 5 nitrogen and oxygen atoms in total. The fourth-order valence-electron chi connectivity index (χ4n) is 3.33. The first-order valence-corrected chi connectivity index (χ1v) is 7.48. The number of rotatable bonds is 1. The number of aliphatic carboxylic acids is 1. The van der Waals surface area contributed by atoms with Crippen molar-refractivity contribution in [2.75, 3.05) is 18.0 Å². The molecule has 0 radical (unpaired) electrons. The van der Waals surface area contributed by atoms with Crippen LogP contribution in [-0.4, -0.2) is 41.1 Å². The highest BCUT2D eigenvalue weighted by atomic mass is 16.4. The molecule has 0 spiro atoms. The van der Waals surface area contributed by atoms with Crippen LogP contribution in [0.15, 0.2) is 18.2 Å². The Hall–Kier alpha value is -2.04. The second-order valence-corrected chi connectivity index (χ2v) is 5.86. The van der Waals surface area contributed by atoms with Crippen LogP contribution in [0.25, 0.3) is 0 Å². The van der Waals surface area contributed by atoms with E-state index in [9.17, 15) is 14.7 Å². The second kappa shape index (κ2) is 5.39. The van der Waals surface area contributed by atoms with Gasteiger partial charge >= 0.3 is 12.0 Å². The smallest absolute Gasteiger partial charge is 0.326 e. The molecule has 1 aromatic rings. The summed E-state index contributed by atoms with van der Waals surface area (Å²) in [4.78, 5) is 27.3. The normalized spacial score (nSPS) is 21.3. The van der Waals surface area contributed by atoms with Crippen LogP contribution in [0.1, 0.15) is 30.4 Å². The first-order chi connectivity index (χ1) is 10.1. The first kappa shape index (κ1) is 13.9. The lowest BCUT2D eigenvalue weighted by atomic mass is 10.00. The average Bonchev–Trinajstić information content (AvgIpc) is 2.95. The van der Waals surface area contributed by atoms with Gasteiger partial charge in [0, 0.05) is 18.8 Å². The molecule has 3 rings (SSSR count). The number of carboxylic acids is 1. The van der Waals surface area contributed by atoms with E-state index >= 15 is 0 Å². The Morgan fingerprint density at radius 1 is 1.24 bits per heavy atom. The molecular formula is C16H20N2O3. The Morgan fingerprint density at radius 2 is 2.05 bits per heavy atom. The lowest BCUT2D eigenvalue weighted by Gasteiger charge is -2.34. The van der Waals surface area contributed by atoms with E-state index in [1.807, 2.05) is 19.1 Å². The molecule has 2 aliphatic rings. The van der Waals surface area contributed by atoms with Gasteiger partial charge in [0.25, 0.3) is 0 Å². The maximum absolute atomic E-state index is 12.8. The first-order valence-electron chi connectivity index (χ1n) is 7.48. The molecule has 0 saturated carbocycles. The van der Waals surface area contributed by atoms with E-state index in [1.165, 1.54) is 16.0 Å². The molecule has 2 heterocycles.